The maximum Gasteiger partial charge on any atom is -0.0348 e. The molecule has 0 aromatic rings. The SMILES string of the molecule is CC=CCCC(CC)CCCC1CC1CCCC(C)CC1CC1C. The van der Waals surface area contributed by atoms with Gasteiger partial charge < -0.3 is 0 Å². The molecule has 0 amide bonds. The summed E-state index contributed by atoms with van der Waals surface area (Å²) in [6, 6.07) is 0. The van der Waals surface area contributed by atoms with Crippen LogP contribution in [0.1, 0.15) is 105 Å². The van der Waals surface area contributed by atoms with Crippen molar-refractivity contribution in [2.45, 2.75) is 105 Å². The average Bonchev–Trinajstić information content (AvgIpc) is 3.46. The lowest BCUT2D eigenvalue weighted by Gasteiger charge is -2.13. The van der Waals surface area contributed by atoms with E-state index in [1.807, 2.05) is 0 Å². The first-order valence-corrected chi connectivity index (χ1v) is 11.2. The molecular weight excluding hydrogens is 288 g/mol. The molecule has 2 aliphatic rings. The summed E-state index contributed by atoms with van der Waals surface area (Å²) in [5.74, 6) is 6.32. The molecule has 0 saturated heterocycles. The third-order valence-electron chi connectivity index (χ3n) is 7.06. The summed E-state index contributed by atoms with van der Waals surface area (Å²) in [5.41, 5.74) is 0. The van der Waals surface area contributed by atoms with Gasteiger partial charge in [-0.3, -0.25) is 0 Å². The normalized spacial score (nSPS) is 31.3. The summed E-state index contributed by atoms with van der Waals surface area (Å²) in [6.07, 6.45) is 22.2. The van der Waals surface area contributed by atoms with E-state index in [-0.39, 0.29) is 0 Å². The van der Waals surface area contributed by atoms with Crippen molar-refractivity contribution >= 4 is 0 Å². The summed E-state index contributed by atoms with van der Waals surface area (Å²) in [7, 11) is 0. The van der Waals surface area contributed by atoms with Crippen molar-refractivity contribution in [1.29, 1.82) is 0 Å². The van der Waals surface area contributed by atoms with Crippen LogP contribution in [0.2, 0.25) is 0 Å². The molecule has 0 nitrogen and oxygen atoms in total. The van der Waals surface area contributed by atoms with E-state index in [0.717, 1.165) is 35.5 Å². The van der Waals surface area contributed by atoms with Crippen LogP contribution in [-0.4, -0.2) is 0 Å². The summed E-state index contributed by atoms with van der Waals surface area (Å²) in [5, 5.41) is 0. The molecule has 6 atom stereocenters. The van der Waals surface area contributed by atoms with Gasteiger partial charge in [-0.2, -0.15) is 0 Å². The quantitative estimate of drug-likeness (QED) is 0.282. The van der Waals surface area contributed by atoms with Gasteiger partial charge in [-0.1, -0.05) is 77.9 Å². The van der Waals surface area contributed by atoms with E-state index in [1.54, 1.807) is 6.42 Å². The second kappa shape index (κ2) is 10.7. The van der Waals surface area contributed by atoms with Gasteiger partial charge in [-0.05, 0) is 74.5 Å². The van der Waals surface area contributed by atoms with Crippen molar-refractivity contribution in [1.82, 2.24) is 0 Å². The molecule has 6 unspecified atom stereocenters. The molecule has 2 rings (SSSR count). The smallest absolute Gasteiger partial charge is 0.0348 e. The fourth-order valence-electron chi connectivity index (χ4n) is 4.83. The zero-order valence-corrected chi connectivity index (χ0v) is 17.1. The van der Waals surface area contributed by atoms with Gasteiger partial charge in [0, 0.05) is 0 Å². The molecule has 0 N–H and O–H groups in total. The van der Waals surface area contributed by atoms with Crippen LogP contribution in [0.4, 0.5) is 0 Å². The molecule has 2 saturated carbocycles. The van der Waals surface area contributed by atoms with Gasteiger partial charge in [-0.25, -0.2) is 0 Å². The van der Waals surface area contributed by atoms with Gasteiger partial charge in [0.25, 0.3) is 0 Å². The molecular formula is C24H44. The molecule has 0 heterocycles. The predicted octanol–water partition coefficient (Wildman–Crippen LogP) is 8.03. The first-order chi connectivity index (χ1) is 11.6. The Morgan fingerprint density at radius 1 is 0.958 bits per heavy atom. The fourth-order valence-corrected chi connectivity index (χ4v) is 4.83. The molecule has 24 heavy (non-hydrogen) atoms. The average molecular weight is 333 g/mol. The Labute approximate surface area is 152 Å². The van der Waals surface area contributed by atoms with E-state index < -0.39 is 0 Å². The molecule has 0 aromatic carbocycles. The Morgan fingerprint density at radius 3 is 2.21 bits per heavy atom. The van der Waals surface area contributed by atoms with E-state index in [0.29, 0.717) is 0 Å². The lowest BCUT2D eigenvalue weighted by atomic mass is 9.93. The van der Waals surface area contributed by atoms with Gasteiger partial charge >= 0.3 is 0 Å². The van der Waals surface area contributed by atoms with Crippen LogP contribution in [0, 0.1) is 35.5 Å². The second-order valence-corrected chi connectivity index (χ2v) is 9.35. The molecule has 2 fully saturated rings. The number of hydrogen-bond donors (Lipinski definition) is 0. The first kappa shape index (κ1) is 20.1. The summed E-state index contributed by atoms with van der Waals surface area (Å²) < 4.78 is 0. The maximum absolute atomic E-state index is 2.49. The third kappa shape index (κ3) is 7.75. The topological polar surface area (TPSA) is 0 Å². The number of rotatable bonds is 14. The monoisotopic (exact) mass is 332 g/mol. The van der Waals surface area contributed by atoms with Crippen molar-refractivity contribution in [2.24, 2.45) is 35.5 Å². The second-order valence-electron chi connectivity index (χ2n) is 9.35. The van der Waals surface area contributed by atoms with Gasteiger partial charge in [0.2, 0.25) is 0 Å². The number of hydrogen-bond acceptors (Lipinski definition) is 0. The van der Waals surface area contributed by atoms with Crippen molar-refractivity contribution in [3.05, 3.63) is 12.2 Å². The summed E-state index contributed by atoms with van der Waals surface area (Å²) in [4.78, 5) is 0. The van der Waals surface area contributed by atoms with E-state index in [9.17, 15) is 0 Å². The van der Waals surface area contributed by atoms with Crippen LogP contribution in [0.3, 0.4) is 0 Å². The minimum atomic E-state index is 0.976. The largest absolute Gasteiger partial charge is 0.0917 e. The van der Waals surface area contributed by atoms with Crippen LogP contribution in [-0.2, 0) is 0 Å². The molecule has 0 aliphatic heterocycles. The Morgan fingerprint density at radius 2 is 1.62 bits per heavy atom. The number of allylic oxidation sites excluding steroid dienone is 2. The van der Waals surface area contributed by atoms with E-state index >= 15 is 0 Å². The standard InChI is InChI=1S/C24H44/c1-5-7-8-12-21(6-2)13-10-15-23-18-22(23)14-9-11-19(3)16-24-17-20(24)4/h5,7,19-24H,6,8-18H2,1-4H3. The van der Waals surface area contributed by atoms with Crippen molar-refractivity contribution in [2.75, 3.05) is 0 Å². The zero-order chi connectivity index (χ0) is 17.4. The minimum Gasteiger partial charge on any atom is -0.0917 e. The van der Waals surface area contributed by atoms with Crippen LogP contribution >= 0.6 is 0 Å². The van der Waals surface area contributed by atoms with Crippen LogP contribution < -0.4 is 0 Å². The highest BCUT2D eigenvalue weighted by Crippen LogP contribution is 2.47. The van der Waals surface area contributed by atoms with Crippen LogP contribution in [0.5, 0.6) is 0 Å². The summed E-state index contributed by atoms with van der Waals surface area (Å²) >= 11 is 0. The molecule has 140 valence electrons. The van der Waals surface area contributed by atoms with Crippen LogP contribution in [0.15, 0.2) is 12.2 Å². The van der Waals surface area contributed by atoms with Crippen molar-refractivity contribution < 1.29 is 0 Å². The molecule has 0 heteroatoms. The predicted molar refractivity (Wildman–Crippen MR) is 108 cm³/mol. The Kier molecular flexibility index (Phi) is 8.92. The zero-order valence-electron chi connectivity index (χ0n) is 17.1. The lowest BCUT2D eigenvalue weighted by molar-refractivity contribution is 0.402. The van der Waals surface area contributed by atoms with Gasteiger partial charge in [0.1, 0.15) is 0 Å². The molecule has 0 radical (unpaired) electrons. The highest BCUT2D eigenvalue weighted by atomic mass is 14.4. The third-order valence-corrected chi connectivity index (χ3v) is 7.06. The maximum atomic E-state index is 2.49. The van der Waals surface area contributed by atoms with E-state index in [2.05, 4.69) is 39.8 Å². The molecule has 0 spiro atoms. The first-order valence-electron chi connectivity index (χ1n) is 11.2. The fraction of sp³-hybridized carbons (Fsp3) is 0.917. The minimum absolute atomic E-state index is 0.976. The Bertz CT molecular complexity index is 355. The van der Waals surface area contributed by atoms with E-state index in [1.165, 1.54) is 70.6 Å². The lowest BCUT2D eigenvalue weighted by Crippen LogP contribution is -1.99. The highest BCUT2D eigenvalue weighted by Gasteiger charge is 2.36. The van der Waals surface area contributed by atoms with Gasteiger partial charge in [0.15, 0.2) is 0 Å². The molecule has 2 aliphatic carbocycles. The summed E-state index contributed by atoms with van der Waals surface area (Å²) in [6.45, 7) is 9.44. The van der Waals surface area contributed by atoms with Crippen LogP contribution in [0.25, 0.3) is 0 Å². The Hall–Kier alpha value is -0.260. The Balaban J connectivity index is 1.43. The highest BCUT2D eigenvalue weighted by molar-refractivity contribution is 4.87. The van der Waals surface area contributed by atoms with Gasteiger partial charge in [0.05, 0.1) is 0 Å². The van der Waals surface area contributed by atoms with Crippen molar-refractivity contribution in [3.8, 4) is 0 Å². The molecule has 0 bridgehead atoms. The van der Waals surface area contributed by atoms with E-state index in [4.69, 9.17) is 0 Å². The van der Waals surface area contributed by atoms with Crippen molar-refractivity contribution in [3.63, 3.8) is 0 Å². The molecule has 0 aromatic heterocycles. The van der Waals surface area contributed by atoms with Gasteiger partial charge in [-0.15, -0.1) is 0 Å².